The monoisotopic (exact) mass is 281 g/mol. The van der Waals surface area contributed by atoms with E-state index in [4.69, 9.17) is 4.74 Å². The van der Waals surface area contributed by atoms with Crippen LogP contribution in [-0.4, -0.2) is 72.1 Å². The fourth-order valence-corrected chi connectivity index (χ4v) is 2.37. The van der Waals surface area contributed by atoms with Gasteiger partial charge in [0.15, 0.2) is 0 Å². The van der Waals surface area contributed by atoms with Crippen LogP contribution in [-0.2, 0) is 11.3 Å². The summed E-state index contributed by atoms with van der Waals surface area (Å²) in [5.41, 5.74) is 0.720. The van der Waals surface area contributed by atoms with Crippen molar-refractivity contribution in [1.82, 2.24) is 19.6 Å². The number of rotatable bonds is 4. The van der Waals surface area contributed by atoms with Gasteiger partial charge in [-0.2, -0.15) is 5.10 Å². The summed E-state index contributed by atoms with van der Waals surface area (Å²) in [7, 11) is 3.73. The van der Waals surface area contributed by atoms with Crippen LogP contribution in [0.15, 0.2) is 12.4 Å². The molecule has 1 aromatic heterocycles. The maximum Gasteiger partial charge on any atom is 0.322 e. The zero-order valence-electron chi connectivity index (χ0n) is 12.4. The highest BCUT2D eigenvalue weighted by Gasteiger charge is 2.25. The van der Waals surface area contributed by atoms with Crippen LogP contribution in [0.5, 0.6) is 0 Å². The predicted octanol–water partition coefficient (Wildman–Crippen LogP) is 0.697. The Bertz CT molecular complexity index is 448. The number of amides is 2. The Morgan fingerprint density at radius 2 is 2.35 bits per heavy atom. The van der Waals surface area contributed by atoms with Gasteiger partial charge in [0.1, 0.15) is 0 Å². The molecule has 1 atom stereocenters. The second-order valence-electron chi connectivity index (χ2n) is 5.22. The summed E-state index contributed by atoms with van der Waals surface area (Å²) < 4.78 is 6.75. The van der Waals surface area contributed by atoms with Gasteiger partial charge in [-0.15, -0.1) is 0 Å². The van der Waals surface area contributed by atoms with E-state index < -0.39 is 0 Å². The van der Waals surface area contributed by atoms with Crippen LogP contribution in [0.25, 0.3) is 0 Å². The largest absolute Gasteiger partial charge is 0.383 e. The Morgan fingerprint density at radius 3 is 3.05 bits per heavy atom. The summed E-state index contributed by atoms with van der Waals surface area (Å²) in [6.07, 6.45) is 3.48. The van der Waals surface area contributed by atoms with E-state index in [-0.39, 0.29) is 12.1 Å². The summed E-state index contributed by atoms with van der Waals surface area (Å²) in [5, 5.41) is 7.08. The smallest absolute Gasteiger partial charge is 0.322 e. The number of ether oxygens (including phenoxy) is 1. The molecule has 1 saturated heterocycles. The molecule has 1 N–H and O–H groups in total. The van der Waals surface area contributed by atoms with Gasteiger partial charge in [0.2, 0.25) is 0 Å². The van der Waals surface area contributed by atoms with Crippen LogP contribution in [0.4, 0.5) is 10.5 Å². The van der Waals surface area contributed by atoms with Crippen LogP contribution in [0.3, 0.4) is 0 Å². The molecule has 0 radical (unpaired) electrons. The molecule has 0 spiro atoms. The van der Waals surface area contributed by atoms with Gasteiger partial charge in [-0.1, -0.05) is 0 Å². The number of nitrogens with zero attached hydrogens (tertiary/aromatic N) is 4. The average molecular weight is 281 g/mol. The molecule has 0 bridgehead atoms. The molecule has 2 heterocycles. The van der Waals surface area contributed by atoms with Gasteiger partial charge in [0, 0.05) is 39.0 Å². The Morgan fingerprint density at radius 1 is 1.55 bits per heavy atom. The van der Waals surface area contributed by atoms with E-state index in [0.29, 0.717) is 13.2 Å². The number of urea groups is 1. The maximum absolute atomic E-state index is 12.2. The van der Waals surface area contributed by atoms with Crippen molar-refractivity contribution in [3.63, 3.8) is 0 Å². The molecular weight excluding hydrogens is 258 g/mol. The lowest BCUT2D eigenvalue weighted by Gasteiger charge is -2.37. The van der Waals surface area contributed by atoms with Crippen molar-refractivity contribution in [2.45, 2.75) is 19.5 Å². The number of aromatic nitrogens is 2. The normalized spacial score (nSPS) is 20.1. The Balaban J connectivity index is 1.89. The number of hydrogen-bond acceptors (Lipinski definition) is 4. The highest BCUT2D eigenvalue weighted by Crippen LogP contribution is 2.12. The molecule has 1 unspecified atom stereocenters. The first kappa shape index (κ1) is 14.8. The summed E-state index contributed by atoms with van der Waals surface area (Å²) in [5.74, 6) is 0. The fourth-order valence-electron chi connectivity index (χ4n) is 2.37. The molecule has 1 aliphatic heterocycles. The average Bonchev–Trinajstić information content (AvgIpc) is 2.83. The van der Waals surface area contributed by atoms with E-state index in [1.165, 1.54) is 0 Å². The quantitative estimate of drug-likeness (QED) is 0.882. The number of carbonyl (C=O) groups is 1. The van der Waals surface area contributed by atoms with Gasteiger partial charge in [-0.3, -0.25) is 4.68 Å². The van der Waals surface area contributed by atoms with Gasteiger partial charge >= 0.3 is 6.03 Å². The van der Waals surface area contributed by atoms with Crippen LogP contribution in [0, 0.1) is 0 Å². The molecule has 20 heavy (non-hydrogen) atoms. The number of piperazine rings is 1. The van der Waals surface area contributed by atoms with Crippen molar-refractivity contribution in [2.24, 2.45) is 0 Å². The summed E-state index contributed by atoms with van der Waals surface area (Å²) >= 11 is 0. The van der Waals surface area contributed by atoms with Crippen molar-refractivity contribution < 1.29 is 9.53 Å². The lowest BCUT2D eigenvalue weighted by atomic mass is 10.2. The molecule has 1 aromatic rings. The van der Waals surface area contributed by atoms with Crippen molar-refractivity contribution in [2.75, 3.05) is 45.7 Å². The highest BCUT2D eigenvalue weighted by atomic mass is 16.5. The van der Waals surface area contributed by atoms with E-state index in [9.17, 15) is 4.79 Å². The van der Waals surface area contributed by atoms with Crippen LogP contribution >= 0.6 is 0 Å². The summed E-state index contributed by atoms with van der Waals surface area (Å²) in [6.45, 7) is 5.91. The van der Waals surface area contributed by atoms with Gasteiger partial charge in [-0.25, -0.2) is 4.79 Å². The predicted molar refractivity (Wildman–Crippen MR) is 76.8 cm³/mol. The Kier molecular flexibility index (Phi) is 4.97. The third kappa shape index (κ3) is 3.71. The van der Waals surface area contributed by atoms with Gasteiger partial charge in [0.25, 0.3) is 0 Å². The lowest BCUT2D eigenvalue weighted by Crippen LogP contribution is -2.53. The van der Waals surface area contributed by atoms with Crippen LogP contribution in [0.2, 0.25) is 0 Å². The minimum absolute atomic E-state index is 0.0584. The molecule has 2 rings (SSSR count). The number of methoxy groups -OCH3 is 1. The topological polar surface area (TPSA) is 62.6 Å². The zero-order chi connectivity index (χ0) is 14.5. The molecule has 112 valence electrons. The second-order valence-corrected chi connectivity index (χ2v) is 5.22. The number of carbonyl (C=O) groups excluding carboxylic acids is 1. The van der Waals surface area contributed by atoms with E-state index in [0.717, 1.165) is 25.3 Å². The third-order valence-corrected chi connectivity index (χ3v) is 3.50. The molecule has 7 nitrogen and oxygen atoms in total. The molecule has 0 saturated carbocycles. The molecular formula is C13H23N5O2. The van der Waals surface area contributed by atoms with E-state index in [1.807, 2.05) is 11.1 Å². The summed E-state index contributed by atoms with van der Waals surface area (Å²) in [4.78, 5) is 16.3. The second kappa shape index (κ2) is 6.71. The molecule has 0 aliphatic carbocycles. The zero-order valence-corrected chi connectivity index (χ0v) is 12.4. The Labute approximate surface area is 119 Å². The number of nitrogens with one attached hydrogen (secondary N) is 1. The van der Waals surface area contributed by atoms with Gasteiger partial charge in [-0.05, 0) is 14.0 Å². The van der Waals surface area contributed by atoms with E-state index in [2.05, 4.69) is 29.3 Å². The standard InChI is InChI=1S/C13H23N5O2/c1-11-9-16(2)4-5-18(11)13(19)15-12-8-14-17(10-12)6-7-20-3/h8,10-11H,4-7,9H2,1-3H3,(H,15,19). The molecule has 1 fully saturated rings. The van der Waals surface area contributed by atoms with Gasteiger partial charge in [0.05, 0.1) is 25.0 Å². The Hall–Kier alpha value is -1.60. The third-order valence-electron chi connectivity index (χ3n) is 3.50. The van der Waals surface area contributed by atoms with Gasteiger partial charge < -0.3 is 19.9 Å². The van der Waals surface area contributed by atoms with E-state index >= 15 is 0 Å². The number of hydrogen-bond donors (Lipinski definition) is 1. The number of anilines is 1. The lowest BCUT2D eigenvalue weighted by molar-refractivity contribution is 0.125. The number of likely N-dealkylation sites (N-methyl/N-ethyl adjacent to an activating group) is 1. The first-order valence-corrected chi connectivity index (χ1v) is 6.87. The molecule has 7 heteroatoms. The first-order chi connectivity index (χ1) is 9.60. The molecule has 2 amide bonds. The van der Waals surface area contributed by atoms with Crippen LogP contribution in [0.1, 0.15) is 6.92 Å². The van der Waals surface area contributed by atoms with Crippen molar-refractivity contribution in [3.05, 3.63) is 12.4 Å². The minimum Gasteiger partial charge on any atom is -0.383 e. The SMILES string of the molecule is COCCn1cc(NC(=O)N2CCN(C)CC2C)cn1. The molecule has 0 aromatic carbocycles. The van der Waals surface area contributed by atoms with Crippen molar-refractivity contribution in [1.29, 1.82) is 0 Å². The van der Waals surface area contributed by atoms with Crippen molar-refractivity contribution >= 4 is 11.7 Å². The van der Waals surface area contributed by atoms with E-state index in [1.54, 1.807) is 18.0 Å². The minimum atomic E-state index is -0.0584. The van der Waals surface area contributed by atoms with Crippen molar-refractivity contribution in [3.8, 4) is 0 Å². The first-order valence-electron chi connectivity index (χ1n) is 6.87. The molecule has 1 aliphatic rings. The fraction of sp³-hybridized carbons (Fsp3) is 0.692. The maximum atomic E-state index is 12.2. The summed E-state index contributed by atoms with van der Waals surface area (Å²) in [6, 6.07) is 0.161. The highest BCUT2D eigenvalue weighted by molar-refractivity contribution is 5.89. The van der Waals surface area contributed by atoms with Crippen LogP contribution < -0.4 is 5.32 Å².